The maximum Gasteiger partial charge on any atom is 0.348 e. The molecule has 0 aromatic carbocycles. The van der Waals surface area contributed by atoms with Crippen LogP contribution in [0.2, 0.25) is 0 Å². The highest BCUT2D eigenvalue weighted by Gasteiger charge is 2.29. The summed E-state index contributed by atoms with van der Waals surface area (Å²) >= 11 is 1.06. The fraction of sp³-hybridized carbons (Fsp3) is 0.100. The van der Waals surface area contributed by atoms with E-state index in [1.54, 1.807) is 19.3 Å². The van der Waals surface area contributed by atoms with E-state index in [0.29, 0.717) is 21.6 Å². The van der Waals surface area contributed by atoms with E-state index < -0.39 is 5.97 Å². The summed E-state index contributed by atoms with van der Waals surface area (Å²) in [5, 5.41) is 12.4. The number of carbonyl (C=O) groups is 2. The highest BCUT2D eigenvalue weighted by atomic mass is 32.1. The van der Waals surface area contributed by atoms with E-state index in [1.807, 2.05) is 0 Å². The largest absolute Gasteiger partial charge is 0.477 e. The Kier molecular flexibility index (Phi) is 1.87. The van der Waals surface area contributed by atoms with Crippen LogP contribution in [0.15, 0.2) is 12.3 Å². The molecule has 0 radical (unpaired) electrons. The number of hydrogen-bond acceptors (Lipinski definition) is 4. The van der Waals surface area contributed by atoms with Crippen molar-refractivity contribution in [3.8, 4) is 0 Å². The summed E-state index contributed by atoms with van der Waals surface area (Å²) in [6, 6.07) is 1.36. The molecule has 1 aliphatic heterocycles. The summed E-state index contributed by atoms with van der Waals surface area (Å²) in [5.74, 6) is -1.06. The predicted molar refractivity (Wildman–Crippen MR) is 64.0 cm³/mol. The molecule has 0 bridgehead atoms. The van der Waals surface area contributed by atoms with E-state index in [9.17, 15) is 9.59 Å². The Morgan fingerprint density at radius 3 is 3.06 bits per heavy atom. The summed E-state index contributed by atoms with van der Waals surface area (Å²) < 4.78 is 0. The van der Waals surface area contributed by atoms with E-state index in [4.69, 9.17) is 5.11 Å². The molecule has 0 saturated heterocycles. The monoisotopic (exact) mass is 249 g/mol. The van der Waals surface area contributed by atoms with Crippen molar-refractivity contribution < 1.29 is 14.7 Å². The maximum atomic E-state index is 11.7. The Morgan fingerprint density at radius 1 is 1.59 bits per heavy atom. The molecule has 0 atom stereocenters. The molecule has 3 rings (SSSR count). The zero-order valence-electron chi connectivity index (χ0n) is 8.72. The van der Waals surface area contributed by atoms with E-state index in [1.165, 1.54) is 4.90 Å². The van der Waals surface area contributed by atoms with Crippen molar-refractivity contribution >= 4 is 44.9 Å². The van der Waals surface area contributed by atoms with Crippen LogP contribution in [0.25, 0.3) is 10.2 Å². The highest BCUT2D eigenvalue weighted by molar-refractivity contribution is 7.21. The number of carbonyl (C=O) groups excluding carboxylic acids is 1. The van der Waals surface area contributed by atoms with Crippen molar-refractivity contribution in [2.75, 3.05) is 17.3 Å². The van der Waals surface area contributed by atoms with Gasteiger partial charge in [0.1, 0.15) is 9.71 Å². The number of aromatic nitrogens is 1. The van der Waals surface area contributed by atoms with E-state index in [2.05, 4.69) is 10.3 Å². The van der Waals surface area contributed by atoms with Crippen LogP contribution in [-0.2, 0) is 0 Å². The number of carboxylic acid groups (broad SMARTS) is 1. The Morgan fingerprint density at radius 2 is 2.35 bits per heavy atom. The number of hydrogen-bond donors (Lipinski definition) is 2. The molecule has 3 heterocycles. The molecule has 17 heavy (non-hydrogen) atoms. The van der Waals surface area contributed by atoms with Crippen molar-refractivity contribution in [2.24, 2.45) is 0 Å². The minimum absolute atomic E-state index is 0.112. The van der Waals surface area contributed by atoms with Gasteiger partial charge in [-0.15, -0.1) is 11.3 Å². The lowest BCUT2D eigenvalue weighted by Gasteiger charge is -2.24. The SMILES string of the molecule is CN1C(=O)Nc2c(C(=O)O)sc3nccc1c23. The van der Waals surface area contributed by atoms with E-state index >= 15 is 0 Å². The third kappa shape index (κ3) is 1.22. The Balaban J connectivity index is 2.43. The fourth-order valence-corrected chi connectivity index (χ4v) is 2.81. The van der Waals surface area contributed by atoms with Gasteiger partial charge in [0.25, 0.3) is 0 Å². The van der Waals surface area contributed by atoms with Crippen LogP contribution in [-0.4, -0.2) is 29.1 Å². The molecule has 0 aliphatic carbocycles. The first kappa shape index (κ1) is 10.0. The van der Waals surface area contributed by atoms with E-state index in [0.717, 1.165) is 11.3 Å². The van der Waals surface area contributed by atoms with Gasteiger partial charge >= 0.3 is 12.0 Å². The highest BCUT2D eigenvalue weighted by Crippen LogP contribution is 2.42. The lowest BCUT2D eigenvalue weighted by Crippen LogP contribution is -2.34. The molecule has 0 saturated carbocycles. The molecule has 0 fully saturated rings. The van der Waals surface area contributed by atoms with E-state index in [-0.39, 0.29) is 10.9 Å². The van der Waals surface area contributed by atoms with Gasteiger partial charge in [-0.2, -0.15) is 0 Å². The van der Waals surface area contributed by atoms with Gasteiger partial charge in [0, 0.05) is 13.2 Å². The Labute approximate surface area is 99.5 Å². The van der Waals surface area contributed by atoms with Gasteiger partial charge in [-0.3, -0.25) is 4.90 Å². The first-order valence-electron chi connectivity index (χ1n) is 4.79. The second-order valence-electron chi connectivity index (χ2n) is 3.61. The lowest BCUT2D eigenvalue weighted by molar-refractivity contribution is 0.0703. The van der Waals surface area contributed by atoms with Crippen LogP contribution in [0.1, 0.15) is 9.67 Å². The van der Waals surface area contributed by atoms with Crippen LogP contribution in [0.4, 0.5) is 16.2 Å². The average molecular weight is 249 g/mol. The van der Waals surface area contributed by atoms with Gasteiger partial charge in [0.15, 0.2) is 0 Å². The average Bonchev–Trinajstić information content (AvgIpc) is 2.66. The Hall–Kier alpha value is -2.15. The van der Waals surface area contributed by atoms with Crippen molar-refractivity contribution in [3.05, 3.63) is 17.1 Å². The number of amides is 2. The van der Waals surface area contributed by atoms with Crippen molar-refractivity contribution in [1.29, 1.82) is 0 Å². The second-order valence-corrected chi connectivity index (χ2v) is 4.61. The molecule has 2 aromatic rings. The van der Waals surface area contributed by atoms with Gasteiger partial charge < -0.3 is 10.4 Å². The molecule has 7 heteroatoms. The standard InChI is InChI=1S/C10H7N3O3S/c1-13-4-2-3-11-8-5(4)6(12-10(13)16)7(17-8)9(14)15/h2-3H,1H3,(H,12,16)(H,14,15). The summed E-state index contributed by atoms with van der Waals surface area (Å²) in [5.41, 5.74) is 1.03. The van der Waals surface area contributed by atoms with Crippen molar-refractivity contribution in [2.45, 2.75) is 0 Å². The molecular weight excluding hydrogens is 242 g/mol. The van der Waals surface area contributed by atoms with Crippen molar-refractivity contribution in [1.82, 2.24) is 4.98 Å². The molecule has 0 unspecified atom stereocenters. The fourth-order valence-electron chi connectivity index (χ4n) is 1.86. The maximum absolute atomic E-state index is 11.7. The number of pyridine rings is 1. The van der Waals surface area contributed by atoms with Gasteiger partial charge in [-0.05, 0) is 6.07 Å². The van der Waals surface area contributed by atoms with Crippen LogP contribution < -0.4 is 10.2 Å². The van der Waals surface area contributed by atoms with Gasteiger partial charge in [-0.1, -0.05) is 0 Å². The third-order valence-corrected chi connectivity index (χ3v) is 3.75. The topological polar surface area (TPSA) is 82.5 Å². The number of thiophene rings is 1. The summed E-state index contributed by atoms with van der Waals surface area (Å²) in [7, 11) is 1.63. The van der Waals surface area contributed by atoms with Crippen LogP contribution in [0.5, 0.6) is 0 Å². The number of nitrogens with zero attached hydrogens (tertiary/aromatic N) is 2. The van der Waals surface area contributed by atoms with Crippen LogP contribution in [0.3, 0.4) is 0 Å². The van der Waals surface area contributed by atoms with Crippen LogP contribution >= 0.6 is 11.3 Å². The van der Waals surface area contributed by atoms with Gasteiger partial charge in [0.2, 0.25) is 0 Å². The molecule has 0 spiro atoms. The molecule has 6 nitrogen and oxygen atoms in total. The predicted octanol–water partition coefficient (Wildman–Crippen LogP) is 1.98. The van der Waals surface area contributed by atoms with Crippen molar-refractivity contribution in [3.63, 3.8) is 0 Å². The molecular formula is C10H7N3O3S. The quantitative estimate of drug-likeness (QED) is 0.809. The molecule has 1 aliphatic rings. The zero-order valence-corrected chi connectivity index (χ0v) is 9.54. The van der Waals surface area contributed by atoms with Gasteiger partial charge in [-0.25, -0.2) is 14.6 Å². The second kappa shape index (κ2) is 3.17. The summed E-state index contributed by atoms with van der Waals surface area (Å²) in [4.78, 5) is 29.1. The minimum Gasteiger partial charge on any atom is -0.477 e. The molecule has 2 N–H and O–H groups in total. The first-order chi connectivity index (χ1) is 8.09. The summed E-state index contributed by atoms with van der Waals surface area (Å²) in [6.45, 7) is 0. The molecule has 2 aromatic heterocycles. The third-order valence-electron chi connectivity index (χ3n) is 2.66. The number of anilines is 2. The minimum atomic E-state index is -1.06. The number of urea groups is 1. The smallest absolute Gasteiger partial charge is 0.348 e. The van der Waals surface area contributed by atoms with Crippen LogP contribution in [0, 0.1) is 0 Å². The Bertz CT molecular complexity index is 664. The molecule has 86 valence electrons. The summed E-state index contributed by atoms with van der Waals surface area (Å²) in [6.07, 6.45) is 1.57. The molecule has 2 amide bonds. The number of rotatable bonds is 1. The normalized spacial score (nSPS) is 13.9. The number of carboxylic acids is 1. The van der Waals surface area contributed by atoms with Gasteiger partial charge in [0.05, 0.1) is 16.8 Å². The number of aromatic carboxylic acids is 1. The lowest BCUT2D eigenvalue weighted by atomic mass is 10.2. The first-order valence-corrected chi connectivity index (χ1v) is 5.60. The number of nitrogens with one attached hydrogen (secondary N) is 1. The zero-order chi connectivity index (χ0) is 12.2.